The lowest BCUT2D eigenvalue weighted by Crippen LogP contribution is -2.57. The summed E-state index contributed by atoms with van der Waals surface area (Å²) in [5.74, 6) is 0.180. The maximum Gasteiger partial charge on any atom is 0.240 e. The number of aliphatic hydroxyl groups is 1. The van der Waals surface area contributed by atoms with Gasteiger partial charge < -0.3 is 15.3 Å². The molecule has 3 atom stereocenters. The summed E-state index contributed by atoms with van der Waals surface area (Å²) in [5.41, 5.74) is 0. The van der Waals surface area contributed by atoms with Crippen LogP contribution >= 0.6 is 0 Å². The average Bonchev–Trinajstić information content (AvgIpc) is 2.31. The van der Waals surface area contributed by atoms with Crippen molar-refractivity contribution >= 4 is 5.91 Å². The number of nitrogens with zero attached hydrogens (tertiary/aromatic N) is 1. The topological polar surface area (TPSA) is 52.6 Å². The Bertz CT molecular complexity index is 257. The first-order valence-corrected chi connectivity index (χ1v) is 6.40. The third-order valence-electron chi connectivity index (χ3n) is 3.92. The number of piperidine rings is 1. The molecule has 0 radical (unpaired) electrons. The third-order valence-corrected chi connectivity index (χ3v) is 3.92. The molecule has 2 aliphatic rings. The van der Waals surface area contributed by atoms with Crippen LogP contribution in [0, 0.1) is 0 Å². The lowest BCUT2D eigenvalue weighted by atomic mass is 9.89. The Hall–Kier alpha value is -0.610. The van der Waals surface area contributed by atoms with Gasteiger partial charge >= 0.3 is 0 Å². The van der Waals surface area contributed by atoms with Gasteiger partial charge in [-0.25, -0.2) is 0 Å². The number of aliphatic hydroxyl groups excluding tert-OH is 1. The van der Waals surface area contributed by atoms with Gasteiger partial charge in [-0.05, 0) is 32.7 Å². The first kappa shape index (κ1) is 11.9. The summed E-state index contributed by atoms with van der Waals surface area (Å²) in [5, 5.41) is 13.0. The molecular weight excluding hydrogens is 204 g/mol. The van der Waals surface area contributed by atoms with Gasteiger partial charge in [0, 0.05) is 6.54 Å². The molecule has 92 valence electrons. The van der Waals surface area contributed by atoms with E-state index in [9.17, 15) is 9.90 Å². The van der Waals surface area contributed by atoms with Crippen LogP contribution in [0.3, 0.4) is 0 Å². The summed E-state index contributed by atoms with van der Waals surface area (Å²) in [4.78, 5) is 14.1. The molecule has 1 saturated heterocycles. The molecule has 3 unspecified atom stereocenters. The van der Waals surface area contributed by atoms with Crippen LogP contribution in [0.1, 0.15) is 38.5 Å². The van der Waals surface area contributed by atoms with Gasteiger partial charge in [-0.15, -0.1) is 0 Å². The minimum Gasteiger partial charge on any atom is -0.391 e. The quantitative estimate of drug-likeness (QED) is 0.721. The molecule has 1 amide bonds. The van der Waals surface area contributed by atoms with Gasteiger partial charge in [0.25, 0.3) is 0 Å². The van der Waals surface area contributed by atoms with E-state index in [4.69, 9.17) is 0 Å². The van der Waals surface area contributed by atoms with Crippen molar-refractivity contribution in [1.29, 1.82) is 0 Å². The zero-order valence-corrected chi connectivity index (χ0v) is 9.98. The normalized spacial score (nSPS) is 36.5. The molecule has 2 N–H and O–H groups in total. The largest absolute Gasteiger partial charge is 0.391 e. The Labute approximate surface area is 97.0 Å². The van der Waals surface area contributed by atoms with E-state index in [-0.39, 0.29) is 24.1 Å². The molecule has 0 aromatic carbocycles. The van der Waals surface area contributed by atoms with Crippen LogP contribution in [0.5, 0.6) is 0 Å². The zero-order valence-electron chi connectivity index (χ0n) is 9.98. The van der Waals surface area contributed by atoms with Gasteiger partial charge in [0.15, 0.2) is 0 Å². The molecule has 2 rings (SSSR count). The summed E-state index contributed by atoms with van der Waals surface area (Å²) in [7, 11) is 1.84. The van der Waals surface area contributed by atoms with Crippen molar-refractivity contribution in [2.75, 3.05) is 13.6 Å². The Morgan fingerprint density at radius 1 is 1.25 bits per heavy atom. The van der Waals surface area contributed by atoms with E-state index in [0.717, 1.165) is 45.1 Å². The lowest BCUT2D eigenvalue weighted by molar-refractivity contribution is -0.142. The molecule has 1 heterocycles. The number of likely N-dealkylation sites (N-methyl/N-ethyl adjacent to an activating group) is 1. The molecule has 1 aliphatic carbocycles. The Balaban J connectivity index is 2.04. The number of hydrogen-bond donors (Lipinski definition) is 2. The highest BCUT2D eigenvalue weighted by Gasteiger charge is 2.36. The van der Waals surface area contributed by atoms with Crippen molar-refractivity contribution in [3.05, 3.63) is 0 Å². The van der Waals surface area contributed by atoms with E-state index >= 15 is 0 Å². The maximum absolute atomic E-state index is 12.2. The van der Waals surface area contributed by atoms with Gasteiger partial charge in [-0.2, -0.15) is 0 Å². The number of hydrogen-bond acceptors (Lipinski definition) is 3. The van der Waals surface area contributed by atoms with Crippen LogP contribution in [0.2, 0.25) is 0 Å². The van der Waals surface area contributed by atoms with Crippen LogP contribution in [-0.4, -0.2) is 47.7 Å². The number of likely N-dealkylation sites (tertiary alicyclic amines) is 1. The Morgan fingerprint density at radius 3 is 2.69 bits per heavy atom. The third kappa shape index (κ3) is 2.23. The van der Waals surface area contributed by atoms with E-state index in [1.807, 2.05) is 11.9 Å². The second-order valence-electron chi connectivity index (χ2n) is 4.93. The van der Waals surface area contributed by atoms with E-state index in [0.29, 0.717) is 0 Å². The van der Waals surface area contributed by atoms with Gasteiger partial charge in [0.05, 0.1) is 18.2 Å². The van der Waals surface area contributed by atoms with Gasteiger partial charge in [-0.3, -0.25) is 4.79 Å². The van der Waals surface area contributed by atoms with Crippen LogP contribution in [0.15, 0.2) is 0 Å². The second kappa shape index (κ2) is 5.15. The fourth-order valence-corrected chi connectivity index (χ4v) is 2.95. The average molecular weight is 226 g/mol. The number of nitrogens with one attached hydrogen (secondary N) is 1. The standard InChI is InChI=1S/C12H22N2O2/c1-13-9-5-4-8-14(12(9)16)10-6-2-3-7-11(10)15/h9-11,13,15H,2-8H2,1H3. The monoisotopic (exact) mass is 226 g/mol. The summed E-state index contributed by atoms with van der Waals surface area (Å²) in [6, 6.07) is 0.0280. The molecular formula is C12H22N2O2. The minimum absolute atomic E-state index is 0.0390. The summed E-state index contributed by atoms with van der Waals surface area (Å²) in [6.45, 7) is 0.818. The molecule has 0 bridgehead atoms. The van der Waals surface area contributed by atoms with Crippen molar-refractivity contribution in [2.24, 2.45) is 0 Å². The number of carbonyl (C=O) groups excluding carboxylic acids is 1. The van der Waals surface area contributed by atoms with E-state index in [2.05, 4.69) is 5.32 Å². The molecule has 2 fully saturated rings. The van der Waals surface area contributed by atoms with E-state index < -0.39 is 0 Å². The van der Waals surface area contributed by atoms with Gasteiger partial charge in [0.2, 0.25) is 5.91 Å². The molecule has 0 aromatic heterocycles. The number of rotatable bonds is 2. The smallest absolute Gasteiger partial charge is 0.240 e. The predicted molar refractivity (Wildman–Crippen MR) is 62.1 cm³/mol. The molecule has 4 heteroatoms. The highest BCUT2D eigenvalue weighted by Crippen LogP contribution is 2.26. The first-order chi connectivity index (χ1) is 7.74. The van der Waals surface area contributed by atoms with E-state index in [1.54, 1.807) is 0 Å². The lowest BCUT2D eigenvalue weighted by Gasteiger charge is -2.41. The van der Waals surface area contributed by atoms with Crippen LogP contribution in [-0.2, 0) is 4.79 Å². The summed E-state index contributed by atoms with van der Waals surface area (Å²) in [6.07, 6.45) is 5.69. The summed E-state index contributed by atoms with van der Waals surface area (Å²) >= 11 is 0. The SMILES string of the molecule is CNC1CCCN(C2CCCCC2O)C1=O. The molecule has 1 aliphatic heterocycles. The second-order valence-corrected chi connectivity index (χ2v) is 4.93. The van der Waals surface area contributed by atoms with Crippen molar-refractivity contribution in [3.63, 3.8) is 0 Å². The molecule has 0 aromatic rings. The highest BCUT2D eigenvalue weighted by molar-refractivity contribution is 5.83. The molecule has 4 nitrogen and oxygen atoms in total. The Morgan fingerprint density at radius 2 is 2.00 bits per heavy atom. The minimum atomic E-state index is -0.312. The zero-order chi connectivity index (χ0) is 11.5. The van der Waals surface area contributed by atoms with Crippen molar-refractivity contribution in [2.45, 2.75) is 56.7 Å². The highest BCUT2D eigenvalue weighted by atomic mass is 16.3. The van der Waals surface area contributed by atoms with Gasteiger partial charge in [0.1, 0.15) is 0 Å². The Kier molecular flexibility index (Phi) is 3.82. The van der Waals surface area contributed by atoms with Crippen molar-refractivity contribution in [1.82, 2.24) is 10.2 Å². The van der Waals surface area contributed by atoms with Crippen LogP contribution in [0.4, 0.5) is 0 Å². The fraction of sp³-hybridized carbons (Fsp3) is 0.917. The van der Waals surface area contributed by atoms with E-state index in [1.165, 1.54) is 0 Å². The first-order valence-electron chi connectivity index (χ1n) is 6.40. The van der Waals surface area contributed by atoms with Crippen molar-refractivity contribution < 1.29 is 9.90 Å². The fourth-order valence-electron chi connectivity index (χ4n) is 2.95. The summed E-state index contributed by atoms with van der Waals surface area (Å²) < 4.78 is 0. The van der Waals surface area contributed by atoms with Crippen molar-refractivity contribution in [3.8, 4) is 0 Å². The van der Waals surface area contributed by atoms with Crippen LogP contribution < -0.4 is 5.32 Å². The van der Waals surface area contributed by atoms with Crippen LogP contribution in [0.25, 0.3) is 0 Å². The predicted octanol–water partition coefficient (Wildman–Crippen LogP) is 0.500. The maximum atomic E-state index is 12.2. The molecule has 16 heavy (non-hydrogen) atoms. The molecule has 1 saturated carbocycles. The molecule has 0 spiro atoms. The number of amides is 1. The van der Waals surface area contributed by atoms with Gasteiger partial charge in [-0.1, -0.05) is 12.8 Å². The number of carbonyl (C=O) groups is 1.